The highest BCUT2D eigenvalue weighted by Gasteiger charge is 2.32. The smallest absolute Gasteiger partial charge is 0.416 e. The third-order valence-electron chi connectivity index (χ3n) is 3.97. The summed E-state index contributed by atoms with van der Waals surface area (Å²) >= 11 is 5.84. The molecule has 0 aliphatic heterocycles. The van der Waals surface area contributed by atoms with Gasteiger partial charge in [-0.25, -0.2) is 0 Å². The fourth-order valence-electron chi connectivity index (χ4n) is 2.26. The van der Waals surface area contributed by atoms with E-state index < -0.39 is 29.2 Å². The lowest BCUT2D eigenvalue weighted by atomic mass is 10.1. The molecule has 0 saturated carbocycles. The molecule has 7 nitrogen and oxygen atoms in total. The number of benzene rings is 1. The molecule has 0 unspecified atom stereocenters. The summed E-state index contributed by atoms with van der Waals surface area (Å²) in [5.74, 6) is -1.33. The van der Waals surface area contributed by atoms with Crippen LogP contribution in [0.2, 0.25) is 5.02 Å². The molecular formula is C22H20ClF3N4O3. The van der Waals surface area contributed by atoms with Crippen LogP contribution in [-0.4, -0.2) is 27.4 Å². The molecule has 2 aromatic heterocycles. The lowest BCUT2D eigenvalue weighted by Gasteiger charge is -2.25. The number of amides is 2. The summed E-state index contributed by atoms with van der Waals surface area (Å²) < 4.78 is 43.1. The van der Waals surface area contributed by atoms with E-state index in [-0.39, 0.29) is 16.3 Å². The zero-order valence-electron chi connectivity index (χ0n) is 17.6. The van der Waals surface area contributed by atoms with E-state index in [1.165, 1.54) is 32.3 Å². The summed E-state index contributed by atoms with van der Waals surface area (Å²) in [6, 6.07) is 11.0. The van der Waals surface area contributed by atoms with Gasteiger partial charge in [0.25, 0.3) is 11.8 Å². The SMILES string of the molecule is CC(C)(Oc1ccc(C(F)(F)F)cc1)C(=O)NNC(=O)c1ccncc1Cl.c1ccncc1. The van der Waals surface area contributed by atoms with Crippen molar-refractivity contribution in [2.75, 3.05) is 0 Å². The number of aromatic nitrogens is 2. The van der Waals surface area contributed by atoms with Crippen LogP contribution in [0.3, 0.4) is 0 Å². The third-order valence-corrected chi connectivity index (χ3v) is 4.28. The number of nitrogens with one attached hydrogen (secondary N) is 2. The molecule has 3 aromatic rings. The number of pyridine rings is 2. The van der Waals surface area contributed by atoms with Crippen LogP contribution in [0.25, 0.3) is 0 Å². The summed E-state index contributed by atoms with van der Waals surface area (Å²) in [6.07, 6.45) is 1.67. The average molecular weight is 481 g/mol. The molecule has 11 heteroatoms. The first kappa shape index (κ1) is 25.6. The number of carbonyl (C=O) groups is 2. The van der Waals surface area contributed by atoms with Gasteiger partial charge in [-0.2, -0.15) is 13.2 Å². The number of halogens is 4. The summed E-state index contributed by atoms with van der Waals surface area (Å²) in [7, 11) is 0. The Labute approximate surface area is 192 Å². The first-order valence-corrected chi connectivity index (χ1v) is 9.80. The van der Waals surface area contributed by atoms with Crippen LogP contribution in [0.15, 0.2) is 73.3 Å². The molecule has 0 aliphatic rings. The molecule has 33 heavy (non-hydrogen) atoms. The summed E-state index contributed by atoms with van der Waals surface area (Å²) in [4.78, 5) is 31.8. The van der Waals surface area contributed by atoms with E-state index >= 15 is 0 Å². The lowest BCUT2D eigenvalue weighted by Crippen LogP contribution is -2.53. The van der Waals surface area contributed by atoms with E-state index in [1.54, 1.807) is 12.4 Å². The van der Waals surface area contributed by atoms with Gasteiger partial charge in [-0.3, -0.25) is 30.4 Å². The molecular weight excluding hydrogens is 461 g/mol. The molecule has 1 aromatic carbocycles. The van der Waals surface area contributed by atoms with E-state index in [9.17, 15) is 22.8 Å². The van der Waals surface area contributed by atoms with Gasteiger partial charge >= 0.3 is 6.18 Å². The van der Waals surface area contributed by atoms with Gasteiger partial charge in [-0.1, -0.05) is 17.7 Å². The van der Waals surface area contributed by atoms with Gasteiger partial charge in [0, 0.05) is 24.8 Å². The molecule has 2 amide bonds. The number of alkyl halides is 3. The van der Waals surface area contributed by atoms with Gasteiger partial charge in [0.05, 0.1) is 16.1 Å². The standard InChI is InChI=1S/C17H15ClF3N3O3.C5H5N/c1-16(2,27-11-5-3-10(4-6-11)17(19,20)21)15(26)24-23-14(25)12-7-8-22-9-13(12)18;1-2-4-6-5-3-1/h3-9H,1-2H3,(H,23,25)(H,24,26);1-5H. The summed E-state index contributed by atoms with van der Waals surface area (Å²) in [5, 5.41) is 0.101. The van der Waals surface area contributed by atoms with Gasteiger partial charge in [-0.05, 0) is 56.3 Å². The van der Waals surface area contributed by atoms with Crippen molar-refractivity contribution >= 4 is 23.4 Å². The largest absolute Gasteiger partial charge is 0.478 e. The van der Waals surface area contributed by atoms with Crippen LogP contribution < -0.4 is 15.6 Å². The number of nitrogens with zero attached hydrogens (tertiary/aromatic N) is 2. The fourth-order valence-corrected chi connectivity index (χ4v) is 2.46. The Morgan fingerprint density at radius 2 is 1.55 bits per heavy atom. The van der Waals surface area contributed by atoms with Crippen LogP contribution in [0, 0.1) is 0 Å². The molecule has 0 spiro atoms. The minimum atomic E-state index is -4.47. The van der Waals surface area contributed by atoms with Gasteiger partial charge in [0.2, 0.25) is 0 Å². The second kappa shape index (κ2) is 11.3. The number of rotatable bonds is 4. The first-order chi connectivity index (χ1) is 15.5. The molecule has 2 heterocycles. The Balaban J connectivity index is 0.000000554. The van der Waals surface area contributed by atoms with Crippen molar-refractivity contribution in [1.29, 1.82) is 0 Å². The monoisotopic (exact) mass is 480 g/mol. The highest BCUT2D eigenvalue weighted by atomic mass is 35.5. The Hall–Kier alpha value is -3.66. The molecule has 0 saturated heterocycles. The fraction of sp³-hybridized carbons (Fsp3) is 0.182. The molecule has 0 atom stereocenters. The molecule has 174 valence electrons. The molecule has 0 radical (unpaired) electrons. The van der Waals surface area contributed by atoms with Crippen LogP contribution in [0.4, 0.5) is 13.2 Å². The number of ether oxygens (including phenoxy) is 1. The van der Waals surface area contributed by atoms with Crippen molar-refractivity contribution in [3.8, 4) is 5.75 Å². The molecule has 2 N–H and O–H groups in total. The van der Waals surface area contributed by atoms with Crippen LogP contribution in [0.5, 0.6) is 5.75 Å². The topological polar surface area (TPSA) is 93.2 Å². The highest BCUT2D eigenvalue weighted by molar-refractivity contribution is 6.33. The summed E-state index contributed by atoms with van der Waals surface area (Å²) in [5.41, 5.74) is 2.16. The summed E-state index contributed by atoms with van der Waals surface area (Å²) in [6.45, 7) is 2.79. The number of hydrazine groups is 1. The van der Waals surface area contributed by atoms with Crippen LogP contribution in [0.1, 0.15) is 29.8 Å². The van der Waals surface area contributed by atoms with Crippen molar-refractivity contribution < 1.29 is 27.5 Å². The predicted molar refractivity (Wildman–Crippen MR) is 115 cm³/mol. The Morgan fingerprint density at radius 1 is 0.909 bits per heavy atom. The maximum absolute atomic E-state index is 12.6. The zero-order chi connectivity index (χ0) is 24.5. The minimum Gasteiger partial charge on any atom is -0.478 e. The number of hydrogen-bond acceptors (Lipinski definition) is 5. The average Bonchev–Trinajstić information content (AvgIpc) is 2.78. The molecule has 0 aliphatic carbocycles. The second-order valence-corrected chi connectivity index (χ2v) is 7.33. The van der Waals surface area contributed by atoms with Crippen LogP contribution in [-0.2, 0) is 11.0 Å². The van der Waals surface area contributed by atoms with Gasteiger partial charge in [0.15, 0.2) is 5.60 Å². The van der Waals surface area contributed by atoms with Gasteiger partial charge < -0.3 is 4.74 Å². The maximum atomic E-state index is 12.6. The van der Waals surface area contributed by atoms with Crippen molar-refractivity contribution in [2.24, 2.45) is 0 Å². The van der Waals surface area contributed by atoms with Crippen molar-refractivity contribution in [3.63, 3.8) is 0 Å². The Bertz CT molecular complexity index is 1040. The first-order valence-electron chi connectivity index (χ1n) is 9.42. The normalized spacial score (nSPS) is 11.0. The van der Waals surface area contributed by atoms with E-state index in [1.807, 2.05) is 18.2 Å². The molecule has 0 fully saturated rings. The van der Waals surface area contributed by atoms with E-state index in [4.69, 9.17) is 16.3 Å². The Kier molecular flexibility index (Phi) is 8.75. The zero-order valence-corrected chi connectivity index (χ0v) is 18.3. The predicted octanol–water partition coefficient (Wildman–Crippen LogP) is 4.45. The van der Waals surface area contributed by atoms with Crippen LogP contribution >= 0.6 is 11.6 Å². The van der Waals surface area contributed by atoms with E-state index in [0.717, 1.165) is 24.3 Å². The highest BCUT2D eigenvalue weighted by Crippen LogP contribution is 2.31. The number of hydrogen-bond donors (Lipinski definition) is 2. The van der Waals surface area contributed by atoms with E-state index in [0.29, 0.717) is 0 Å². The minimum absolute atomic E-state index is 0.0617. The Morgan fingerprint density at radius 3 is 2.03 bits per heavy atom. The molecule has 3 rings (SSSR count). The third kappa shape index (κ3) is 8.08. The van der Waals surface area contributed by atoms with E-state index in [2.05, 4.69) is 20.8 Å². The van der Waals surface area contributed by atoms with Crippen molar-refractivity contribution in [1.82, 2.24) is 20.8 Å². The lowest BCUT2D eigenvalue weighted by molar-refractivity contribution is -0.138. The van der Waals surface area contributed by atoms with Gasteiger partial charge in [-0.15, -0.1) is 0 Å². The maximum Gasteiger partial charge on any atom is 0.416 e. The number of carbonyl (C=O) groups excluding carboxylic acids is 2. The van der Waals surface area contributed by atoms with Crippen molar-refractivity contribution in [2.45, 2.75) is 25.6 Å². The van der Waals surface area contributed by atoms with Crippen molar-refractivity contribution in [3.05, 3.63) is 89.5 Å². The quantitative estimate of drug-likeness (QED) is 0.538. The molecule has 0 bridgehead atoms. The second-order valence-electron chi connectivity index (χ2n) is 6.92. The van der Waals surface area contributed by atoms with Gasteiger partial charge in [0.1, 0.15) is 5.75 Å².